The van der Waals surface area contributed by atoms with Crippen molar-refractivity contribution in [2.45, 2.75) is 35.8 Å². The Kier molecular flexibility index (Phi) is 5.87. The molecule has 0 bridgehead atoms. The first-order valence-corrected chi connectivity index (χ1v) is 10.8. The quantitative estimate of drug-likeness (QED) is 0.797. The molecular weight excluding hydrogens is 352 g/mol. The third-order valence-corrected chi connectivity index (χ3v) is 7.93. The van der Waals surface area contributed by atoms with E-state index < -0.39 is 15.1 Å². The van der Waals surface area contributed by atoms with Crippen LogP contribution in [0.1, 0.15) is 25.7 Å². The highest BCUT2D eigenvalue weighted by Gasteiger charge is 2.35. The fourth-order valence-corrected chi connectivity index (χ4v) is 5.59. The normalized spacial score (nSPS) is 20.9. The van der Waals surface area contributed by atoms with Crippen LogP contribution in [0.15, 0.2) is 29.2 Å². The van der Waals surface area contributed by atoms with Crippen molar-refractivity contribution in [1.29, 1.82) is 0 Å². The lowest BCUT2D eigenvalue weighted by Gasteiger charge is -2.36. The first-order valence-electron chi connectivity index (χ1n) is 9.27. The van der Waals surface area contributed by atoms with Crippen molar-refractivity contribution in [1.82, 2.24) is 9.80 Å². The van der Waals surface area contributed by atoms with Gasteiger partial charge in [0.25, 0.3) is 0 Å². The van der Waals surface area contributed by atoms with Crippen LogP contribution in [0.3, 0.4) is 0 Å². The van der Waals surface area contributed by atoms with Crippen molar-refractivity contribution in [3.05, 3.63) is 24.3 Å². The SMILES string of the molecule is COc1ccc(S(=O)(=O)C2CCN(C(=O)C3CCN(C)CC3)CC2)cc1. The van der Waals surface area contributed by atoms with E-state index in [2.05, 4.69) is 11.9 Å². The molecule has 0 saturated carbocycles. The summed E-state index contributed by atoms with van der Waals surface area (Å²) in [5.41, 5.74) is 0. The zero-order valence-corrected chi connectivity index (χ0v) is 16.4. The summed E-state index contributed by atoms with van der Waals surface area (Å²) in [4.78, 5) is 17.2. The summed E-state index contributed by atoms with van der Waals surface area (Å²) < 4.78 is 30.8. The zero-order chi connectivity index (χ0) is 18.7. The number of nitrogens with zero attached hydrogens (tertiary/aromatic N) is 2. The number of carbonyl (C=O) groups excluding carboxylic acids is 1. The Labute approximate surface area is 156 Å². The van der Waals surface area contributed by atoms with E-state index in [-0.39, 0.29) is 11.8 Å². The predicted molar refractivity (Wildman–Crippen MR) is 100 cm³/mol. The minimum Gasteiger partial charge on any atom is -0.497 e. The smallest absolute Gasteiger partial charge is 0.225 e. The predicted octanol–water partition coefficient (Wildman–Crippen LogP) is 1.80. The standard InChI is InChI=1S/C19H28N2O4S/c1-20-11-7-15(8-12-20)19(22)21-13-9-18(10-14-21)26(23,24)17-5-3-16(25-2)4-6-17/h3-6,15,18H,7-14H2,1-2H3. The maximum Gasteiger partial charge on any atom is 0.225 e. The molecule has 26 heavy (non-hydrogen) atoms. The van der Waals surface area contributed by atoms with E-state index in [1.165, 1.54) is 0 Å². The van der Waals surface area contributed by atoms with Crippen molar-refractivity contribution < 1.29 is 17.9 Å². The molecule has 144 valence electrons. The molecule has 2 aliphatic rings. The number of hydrogen-bond acceptors (Lipinski definition) is 5. The maximum absolute atomic E-state index is 12.9. The van der Waals surface area contributed by atoms with Crippen molar-refractivity contribution in [2.75, 3.05) is 40.3 Å². The molecule has 2 aliphatic heterocycles. The number of sulfone groups is 1. The molecule has 2 heterocycles. The van der Waals surface area contributed by atoms with E-state index in [4.69, 9.17) is 4.74 Å². The Bertz CT molecular complexity index is 716. The van der Waals surface area contributed by atoms with Gasteiger partial charge < -0.3 is 14.5 Å². The lowest BCUT2D eigenvalue weighted by atomic mass is 9.94. The molecule has 2 saturated heterocycles. The molecule has 0 spiro atoms. The summed E-state index contributed by atoms with van der Waals surface area (Å²) >= 11 is 0. The lowest BCUT2D eigenvalue weighted by Crippen LogP contribution is -2.46. The van der Waals surface area contributed by atoms with Gasteiger partial charge in [-0.25, -0.2) is 8.42 Å². The average molecular weight is 381 g/mol. The molecule has 0 aliphatic carbocycles. The summed E-state index contributed by atoms with van der Waals surface area (Å²) in [6, 6.07) is 6.55. The van der Waals surface area contributed by atoms with Gasteiger partial charge in [-0.3, -0.25) is 4.79 Å². The maximum atomic E-state index is 12.9. The van der Waals surface area contributed by atoms with Gasteiger partial charge in [-0.05, 0) is 70.1 Å². The van der Waals surface area contributed by atoms with Gasteiger partial charge in [0.2, 0.25) is 5.91 Å². The van der Waals surface area contributed by atoms with Crippen LogP contribution in [0.5, 0.6) is 5.75 Å². The fourth-order valence-electron chi connectivity index (χ4n) is 3.86. The number of hydrogen-bond donors (Lipinski definition) is 0. The molecule has 0 N–H and O–H groups in total. The number of benzene rings is 1. The lowest BCUT2D eigenvalue weighted by molar-refractivity contribution is -0.137. The van der Waals surface area contributed by atoms with Gasteiger partial charge in [0.15, 0.2) is 9.84 Å². The summed E-state index contributed by atoms with van der Waals surface area (Å²) in [6.45, 7) is 2.98. The molecule has 2 fully saturated rings. The first kappa shape index (κ1) is 19.2. The Balaban J connectivity index is 1.59. The summed E-state index contributed by atoms with van der Waals surface area (Å²) in [5, 5.41) is -0.419. The van der Waals surface area contributed by atoms with Gasteiger partial charge in [0.1, 0.15) is 5.75 Å². The third-order valence-electron chi connectivity index (χ3n) is 5.65. The third kappa shape index (κ3) is 4.04. The summed E-state index contributed by atoms with van der Waals surface area (Å²) in [6.07, 6.45) is 2.82. The van der Waals surface area contributed by atoms with Crippen molar-refractivity contribution in [2.24, 2.45) is 5.92 Å². The first-order chi connectivity index (χ1) is 12.4. The topological polar surface area (TPSA) is 66.9 Å². The average Bonchev–Trinajstić information content (AvgIpc) is 2.68. The van der Waals surface area contributed by atoms with Crippen LogP contribution in [-0.2, 0) is 14.6 Å². The van der Waals surface area contributed by atoms with Crippen molar-refractivity contribution in [3.63, 3.8) is 0 Å². The molecule has 6 nitrogen and oxygen atoms in total. The monoisotopic (exact) mass is 380 g/mol. The van der Waals surface area contributed by atoms with Gasteiger partial charge in [0.05, 0.1) is 17.3 Å². The highest BCUT2D eigenvalue weighted by molar-refractivity contribution is 7.92. The van der Waals surface area contributed by atoms with Gasteiger partial charge in [-0.2, -0.15) is 0 Å². The Morgan fingerprint density at radius 3 is 2.12 bits per heavy atom. The van der Waals surface area contributed by atoms with Gasteiger partial charge >= 0.3 is 0 Å². The van der Waals surface area contributed by atoms with Crippen LogP contribution >= 0.6 is 0 Å². The second kappa shape index (κ2) is 7.96. The van der Waals surface area contributed by atoms with E-state index in [0.717, 1.165) is 25.9 Å². The molecule has 0 unspecified atom stereocenters. The number of amides is 1. The van der Waals surface area contributed by atoms with E-state index in [9.17, 15) is 13.2 Å². The summed E-state index contributed by atoms with van der Waals surface area (Å²) in [5.74, 6) is 0.946. The fraction of sp³-hybridized carbons (Fsp3) is 0.632. The minimum atomic E-state index is -3.37. The van der Waals surface area contributed by atoms with Crippen molar-refractivity contribution in [3.8, 4) is 5.75 Å². The Morgan fingerprint density at radius 2 is 1.58 bits per heavy atom. The molecule has 3 rings (SSSR count). The van der Waals surface area contributed by atoms with Crippen LogP contribution in [0, 0.1) is 5.92 Å². The number of ether oxygens (including phenoxy) is 1. The van der Waals surface area contributed by atoms with Crippen LogP contribution in [0.4, 0.5) is 0 Å². The number of piperidine rings is 2. The highest BCUT2D eigenvalue weighted by Crippen LogP contribution is 2.28. The molecule has 0 radical (unpaired) electrons. The van der Waals surface area contributed by atoms with E-state index >= 15 is 0 Å². The Hall–Kier alpha value is -1.60. The second-order valence-corrected chi connectivity index (χ2v) is 9.55. The van der Waals surface area contributed by atoms with E-state index in [0.29, 0.717) is 36.6 Å². The van der Waals surface area contributed by atoms with E-state index in [1.807, 2.05) is 4.90 Å². The largest absolute Gasteiger partial charge is 0.497 e. The molecule has 1 aromatic rings. The molecule has 0 aromatic heterocycles. The molecule has 0 atom stereocenters. The Morgan fingerprint density at radius 1 is 1.00 bits per heavy atom. The number of carbonyl (C=O) groups is 1. The minimum absolute atomic E-state index is 0.0981. The molecule has 1 aromatic carbocycles. The zero-order valence-electron chi connectivity index (χ0n) is 15.6. The molecular formula is C19H28N2O4S. The van der Waals surface area contributed by atoms with Crippen LogP contribution in [-0.4, -0.2) is 69.7 Å². The van der Waals surface area contributed by atoms with E-state index in [1.54, 1.807) is 31.4 Å². The number of rotatable bonds is 4. The second-order valence-electron chi connectivity index (χ2n) is 7.32. The van der Waals surface area contributed by atoms with Gasteiger partial charge in [0, 0.05) is 19.0 Å². The summed E-state index contributed by atoms with van der Waals surface area (Å²) in [7, 11) is 0.267. The van der Waals surface area contributed by atoms with Crippen LogP contribution in [0.2, 0.25) is 0 Å². The van der Waals surface area contributed by atoms with Crippen LogP contribution < -0.4 is 4.74 Å². The van der Waals surface area contributed by atoms with Gasteiger partial charge in [-0.1, -0.05) is 0 Å². The number of likely N-dealkylation sites (tertiary alicyclic amines) is 2. The van der Waals surface area contributed by atoms with Crippen molar-refractivity contribution >= 4 is 15.7 Å². The van der Waals surface area contributed by atoms with Crippen LogP contribution in [0.25, 0.3) is 0 Å². The molecule has 1 amide bonds. The van der Waals surface area contributed by atoms with Gasteiger partial charge in [-0.15, -0.1) is 0 Å². The number of methoxy groups -OCH3 is 1. The highest BCUT2D eigenvalue weighted by atomic mass is 32.2. The molecule has 7 heteroatoms.